The Morgan fingerprint density at radius 1 is 1.53 bits per heavy atom. The van der Waals surface area contributed by atoms with Crippen LogP contribution in [0.3, 0.4) is 0 Å². The van der Waals surface area contributed by atoms with Gasteiger partial charge in [-0.2, -0.15) is 0 Å². The number of nitrogens with zero attached hydrogens (tertiary/aromatic N) is 1. The van der Waals surface area contributed by atoms with Crippen molar-refractivity contribution in [2.75, 3.05) is 5.32 Å². The van der Waals surface area contributed by atoms with Gasteiger partial charge in [0.15, 0.2) is 4.80 Å². The van der Waals surface area contributed by atoms with Crippen molar-refractivity contribution in [3.05, 3.63) is 23.0 Å². The van der Waals surface area contributed by atoms with Gasteiger partial charge in [-0.3, -0.25) is 10.2 Å². The molecule has 15 heavy (non-hydrogen) atoms. The quantitative estimate of drug-likeness (QED) is 0.756. The van der Waals surface area contributed by atoms with Gasteiger partial charge in [-0.25, -0.2) is 0 Å². The Bertz CT molecular complexity index is 582. The molecular weight excluding hydrogens is 210 g/mol. The molecule has 0 saturated carbocycles. The summed E-state index contributed by atoms with van der Waals surface area (Å²) in [6.07, 6.45) is 0. The van der Waals surface area contributed by atoms with Crippen molar-refractivity contribution >= 4 is 33.1 Å². The highest BCUT2D eigenvalue weighted by Crippen LogP contribution is 2.20. The van der Waals surface area contributed by atoms with E-state index in [4.69, 9.17) is 5.41 Å². The molecule has 1 heterocycles. The van der Waals surface area contributed by atoms with Crippen LogP contribution in [0.2, 0.25) is 0 Å². The van der Waals surface area contributed by atoms with Gasteiger partial charge in [-0.15, -0.1) is 0 Å². The Hall–Kier alpha value is -1.62. The van der Waals surface area contributed by atoms with E-state index in [1.165, 1.54) is 18.3 Å². The van der Waals surface area contributed by atoms with Crippen molar-refractivity contribution < 1.29 is 4.79 Å². The van der Waals surface area contributed by atoms with Gasteiger partial charge in [0.25, 0.3) is 0 Å². The zero-order valence-electron chi connectivity index (χ0n) is 8.50. The second-order valence-electron chi connectivity index (χ2n) is 3.33. The zero-order chi connectivity index (χ0) is 11.0. The summed E-state index contributed by atoms with van der Waals surface area (Å²) in [7, 11) is 1.86. The van der Waals surface area contributed by atoms with Crippen LogP contribution in [-0.4, -0.2) is 10.5 Å². The molecule has 0 bridgehead atoms. The minimum absolute atomic E-state index is 0.0821. The second kappa shape index (κ2) is 3.51. The Kier molecular flexibility index (Phi) is 2.32. The molecule has 0 aliphatic heterocycles. The van der Waals surface area contributed by atoms with Gasteiger partial charge < -0.3 is 9.88 Å². The number of hydrogen-bond acceptors (Lipinski definition) is 3. The standard InChI is InChI=1S/C10H11N3OS/c1-6(14)12-7-3-4-8-9(5-7)15-10(11)13(8)2/h3-5,11H,1-2H3,(H,12,14). The van der Waals surface area contributed by atoms with Crippen LogP contribution in [0.1, 0.15) is 6.92 Å². The number of rotatable bonds is 1. The Labute approximate surface area is 90.7 Å². The van der Waals surface area contributed by atoms with Gasteiger partial charge in [-0.1, -0.05) is 11.3 Å². The zero-order valence-corrected chi connectivity index (χ0v) is 9.31. The van der Waals surface area contributed by atoms with E-state index in [-0.39, 0.29) is 5.91 Å². The van der Waals surface area contributed by atoms with Gasteiger partial charge in [0.1, 0.15) is 0 Å². The van der Waals surface area contributed by atoms with Crippen molar-refractivity contribution in [1.82, 2.24) is 4.57 Å². The first-order chi connectivity index (χ1) is 7.08. The van der Waals surface area contributed by atoms with Crippen LogP contribution in [0, 0.1) is 5.41 Å². The maximum atomic E-state index is 10.9. The third-order valence-corrected chi connectivity index (χ3v) is 3.17. The lowest BCUT2D eigenvalue weighted by molar-refractivity contribution is -0.114. The third kappa shape index (κ3) is 1.78. The summed E-state index contributed by atoms with van der Waals surface area (Å²) in [6, 6.07) is 5.64. The predicted octanol–water partition coefficient (Wildman–Crippen LogP) is 1.68. The van der Waals surface area contributed by atoms with Gasteiger partial charge in [-0.05, 0) is 18.2 Å². The smallest absolute Gasteiger partial charge is 0.221 e. The largest absolute Gasteiger partial charge is 0.326 e. The molecule has 0 aliphatic rings. The first-order valence-corrected chi connectivity index (χ1v) is 5.31. The van der Waals surface area contributed by atoms with E-state index in [2.05, 4.69) is 5.32 Å². The number of carbonyl (C=O) groups is 1. The van der Waals surface area contributed by atoms with Crippen molar-refractivity contribution in [2.24, 2.45) is 7.05 Å². The monoisotopic (exact) mass is 221 g/mol. The molecular formula is C10H11N3OS. The lowest BCUT2D eigenvalue weighted by Gasteiger charge is -2.01. The molecule has 0 unspecified atom stereocenters. The highest BCUT2D eigenvalue weighted by Gasteiger charge is 2.03. The van der Waals surface area contributed by atoms with Crippen molar-refractivity contribution in [2.45, 2.75) is 6.92 Å². The maximum Gasteiger partial charge on any atom is 0.221 e. The van der Waals surface area contributed by atoms with Crippen LogP contribution >= 0.6 is 11.3 Å². The molecule has 2 rings (SSSR count). The van der Waals surface area contributed by atoms with E-state index < -0.39 is 0 Å². The lowest BCUT2D eigenvalue weighted by Crippen LogP contribution is -2.07. The molecule has 1 aromatic carbocycles. The van der Waals surface area contributed by atoms with E-state index in [9.17, 15) is 4.79 Å². The topological polar surface area (TPSA) is 57.9 Å². The molecule has 0 saturated heterocycles. The minimum atomic E-state index is -0.0821. The van der Waals surface area contributed by atoms with Crippen molar-refractivity contribution in [3.63, 3.8) is 0 Å². The number of carbonyl (C=O) groups excluding carboxylic acids is 1. The predicted molar refractivity (Wildman–Crippen MR) is 61.0 cm³/mol. The van der Waals surface area contributed by atoms with Crippen LogP contribution in [0.25, 0.3) is 10.2 Å². The molecule has 2 N–H and O–H groups in total. The fourth-order valence-corrected chi connectivity index (χ4v) is 2.38. The normalized spacial score (nSPS) is 10.5. The van der Waals surface area contributed by atoms with E-state index in [1.807, 2.05) is 29.8 Å². The van der Waals surface area contributed by atoms with Crippen LogP contribution in [-0.2, 0) is 11.8 Å². The highest BCUT2D eigenvalue weighted by molar-refractivity contribution is 7.16. The first kappa shape index (κ1) is 9.92. The summed E-state index contributed by atoms with van der Waals surface area (Å²) in [6.45, 7) is 1.48. The summed E-state index contributed by atoms with van der Waals surface area (Å²) in [5.41, 5.74) is 1.79. The number of thiazole rings is 1. The number of nitrogens with one attached hydrogen (secondary N) is 2. The second-order valence-corrected chi connectivity index (χ2v) is 4.36. The van der Waals surface area contributed by atoms with E-state index >= 15 is 0 Å². The summed E-state index contributed by atoms with van der Waals surface area (Å²) in [5.74, 6) is -0.0821. The Morgan fingerprint density at radius 2 is 2.27 bits per heavy atom. The molecule has 5 heteroatoms. The number of amides is 1. The van der Waals surface area contributed by atoms with Crippen molar-refractivity contribution in [3.8, 4) is 0 Å². The Morgan fingerprint density at radius 3 is 2.93 bits per heavy atom. The number of aromatic nitrogens is 1. The number of benzene rings is 1. The summed E-state index contributed by atoms with van der Waals surface area (Å²) < 4.78 is 2.83. The maximum absolute atomic E-state index is 10.9. The van der Waals surface area contributed by atoms with Crippen LogP contribution in [0.5, 0.6) is 0 Å². The van der Waals surface area contributed by atoms with Crippen LogP contribution in [0.15, 0.2) is 18.2 Å². The molecule has 2 aromatic rings. The van der Waals surface area contributed by atoms with Gasteiger partial charge in [0, 0.05) is 19.7 Å². The first-order valence-electron chi connectivity index (χ1n) is 4.49. The van der Waals surface area contributed by atoms with Gasteiger partial charge in [0.05, 0.1) is 10.2 Å². The van der Waals surface area contributed by atoms with Crippen molar-refractivity contribution in [1.29, 1.82) is 5.41 Å². The number of aryl methyl sites for hydroxylation is 1. The average Bonchev–Trinajstić information content (AvgIpc) is 2.41. The number of fused-ring (bicyclic) bond motifs is 1. The number of anilines is 1. The number of hydrogen-bond donors (Lipinski definition) is 2. The van der Waals surface area contributed by atoms with Crippen LogP contribution < -0.4 is 10.1 Å². The summed E-state index contributed by atoms with van der Waals surface area (Å²) in [5, 5.41) is 10.4. The fourth-order valence-electron chi connectivity index (χ4n) is 1.44. The molecule has 1 aromatic heterocycles. The molecule has 0 fully saturated rings. The van der Waals surface area contributed by atoms with E-state index in [1.54, 1.807) is 0 Å². The third-order valence-electron chi connectivity index (χ3n) is 2.15. The minimum Gasteiger partial charge on any atom is -0.326 e. The summed E-state index contributed by atoms with van der Waals surface area (Å²) in [4.78, 5) is 11.4. The lowest BCUT2D eigenvalue weighted by atomic mass is 10.3. The van der Waals surface area contributed by atoms with Crippen LogP contribution in [0.4, 0.5) is 5.69 Å². The molecule has 0 spiro atoms. The molecule has 0 aliphatic carbocycles. The average molecular weight is 221 g/mol. The molecule has 1 amide bonds. The SMILES string of the molecule is CC(=O)Nc1ccc2c(c1)sc(=N)n2C. The van der Waals surface area contributed by atoms with E-state index in [0.717, 1.165) is 15.9 Å². The fraction of sp³-hybridized carbons (Fsp3) is 0.200. The molecule has 4 nitrogen and oxygen atoms in total. The van der Waals surface area contributed by atoms with Gasteiger partial charge in [0.2, 0.25) is 5.91 Å². The molecule has 0 radical (unpaired) electrons. The van der Waals surface area contributed by atoms with Gasteiger partial charge >= 0.3 is 0 Å². The highest BCUT2D eigenvalue weighted by atomic mass is 32.1. The van der Waals surface area contributed by atoms with E-state index in [0.29, 0.717) is 4.80 Å². The molecule has 0 atom stereocenters. The summed E-state index contributed by atoms with van der Waals surface area (Å²) >= 11 is 1.40. The Balaban J connectivity index is 2.57. The molecule has 78 valence electrons.